The summed E-state index contributed by atoms with van der Waals surface area (Å²) in [6.07, 6.45) is 1.31. The van der Waals surface area contributed by atoms with Crippen LogP contribution >= 0.6 is 11.6 Å². The van der Waals surface area contributed by atoms with Crippen LogP contribution in [-0.4, -0.2) is 35.7 Å². The van der Waals surface area contributed by atoms with Crippen LogP contribution in [0.4, 0.5) is 0 Å². The number of hydrogen-bond acceptors (Lipinski definition) is 5. The summed E-state index contributed by atoms with van der Waals surface area (Å²) < 4.78 is 11.9. The zero-order valence-corrected chi connectivity index (χ0v) is 19.8. The predicted molar refractivity (Wildman–Crippen MR) is 128 cm³/mol. The highest BCUT2D eigenvalue weighted by molar-refractivity contribution is 6.32. The van der Waals surface area contributed by atoms with Crippen molar-refractivity contribution in [3.63, 3.8) is 0 Å². The molecular formula is C26H28ClNO5. The zero-order valence-electron chi connectivity index (χ0n) is 19.1. The number of aliphatic hydroxyl groups is 1. The average molecular weight is 470 g/mol. The van der Waals surface area contributed by atoms with Crippen LogP contribution in [0.3, 0.4) is 0 Å². The molecule has 1 aromatic heterocycles. The summed E-state index contributed by atoms with van der Waals surface area (Å²) >= 11 is 6.28. The van der Waals surface area contributed by atoms with E-state index in [-0.39, 0.29) is 30.2 Å². The van der Waals surface area contributed by atoms with Gasteiger partial charge in [0.25, 0.3) is 5.91 Å². The third-order valence-electron chi connectivity index (χ3n) is 5.94. The number of benzene rings is 2. The van der Waals surface area contributed by atoms with Crippen molar-refractivity contribution in [2.75, 3.05) is 19.8 Å². The highest BCUT2D eigenvalue weighted by Crippen LogP contribution is 2.39. The molecule has 1 amide bonds. The Balaban J connectivity index is 1.83. The molecule has 0 aliphatic carbocycles. The molecule has 2 heterocycles. The van der Waals surface area contributed by atoms with Gasteiger partial charge in [-0.3, -0.25) is 9.59 Å². The van der Waals surface area contributed by atoms with Gasteiger partial charge >= 0.3 is 0 Å². The van der Waals surface area contributed by atoms with Crippen LogP contribution in [-0.2, 0) is 0 Å². The molecule has 174 valence electrons. The normalized spacial score (nSPS) is 15.5. The summed E-state index contributed by atoms with van der Waals surface area (Å²) in [5.74, 6) is 0.888. The lowest BCUT2D eigenvalue weighted by Crippen LogP contribution is -2.31. The lowest BCUT2D eigenvalue weighted by molar-refractivity contribution is 0.0716. The van der Waals surface area contributed by atoms with Crippen LogP contribution in [0.1, 0.15) is 60.0 Å². The number of nitrogens with zero attached hydrogens (tertiary/aromatic N) is 1. The molecule has 0 bridgehead atoms. The van der Waals surface area contributed by atoms with Gasteiger partial charge in [0.2, 0.25) is 5.76 Å². The Hall–Kier alpha value is -2.83. The summed E-state index contributed by atoms with van der Waals surface area (Å²) in [6.45, 7) is 6.90. The second-order valence-corrected chi connectivity index (χ2v) is 9.26. The quantitative estimate of drug-likeness (QED) is 0.496. The first-order valence-electron chi connectivity index (χ1n) is 11.2. The van der Waals surface area contributed by atoms with Crippen LogP contribution in [0.5, 0.6) is 5.75 Å². The van der Waals surface area contributed by atoms with Gasteiger partial charge in [0.15, 0.2) is 5.43 Å². The van der Waals surface area contributed by atoms with Crippen LogP contribution in [0, 0.1) is 12.8 Å². The highest BCUT2D eigenvalue weighted by atomic mass is 35.5. The Morgan fingerprint density at radius 1 is 1.21 bits per heavy atom. The number of aryl methyl sites for hydroxylation is 1. The van der Waals surface area contributed by atoms with Crippen molar-refractivity contribution in [1.82, 2.24) is 4.90 Å². The van der Waals surface area contributed by atoms with Gasteiger partial charge in [-0.1, -0.05) is 37.6 Å². The third-order valence-corrected chi connectivity index (χ3v) is 6.35. The Morgan fingerprint density at radius 3 is 2.73 bits per heavy atom. The summed E-state index contributed by atoms with van der Waals surface area (Å²) in [5.41, 5.74) is 1.88. The lowest BCUT2D eigenvalue weighted by Gasteiger charge is -2.25. The molecule has 1 N–H and O–H groups in total. The van der Waals surface area contributed by atoms with E-state index < -0.39 is 6.04 Å². The molecule has 0 radical (unpaired) electrons. The van der Waals surface area contributed by atoms with E-state index >= 15 is 0 Å². The molecule has 33 heavy (non-hydrogen) atoms. The van der Waals surface area contributed by atoms with E-state index in [1.54, 1.807) is 17.0 Å². The first-order chi connectivity index (χ1) is 15.8. The second kappa shape index (κ2) is 9.57. The number of fused-ring (bicyclic) bond motifs is 2. The van der Waals surface area contributed by atoms with E-state index in [4.69, 9.17) is 20.8 Å². The fourth-order valence-corrected chi connectivity index (χ4v) is 4.31. The largest absolute Gasteiger partial charge is 0.494 e. The SMILES string of the molecule is Cc1cc2oc3c(c(=O)c2cc1Cl)C(c1cccc(OCCC(C)C)c1)N(CCCO)C3=O. The van der Waals surface area contributed by atoms with Crippen molar-refractivity contribution in [2.45, 2.75) is 39.7 Å². The first-order valence-corrected chi connectivity index (χ1v) is 11.6. The Morgan fingerprint density at radius 2 is 2.00 bits per heavy atom. The van der Waals surface area contributed by atoms with Crippen LogP contribution in [0.15, 0.2) is 45.6 Å². The van der Waals surface area contributed by atoms with Gasteiger partial charge in [0.05, 0.1) is 23.6 Å². The van der Waals surface area contributed by atoms with E-state index in [0.29, 0.717) is 46.3 Å². The van der Waals surface area contributed by atoms with Crippen LogP contribution < -0.4 is 10.2 Å². The molecule has 1 unspecified atom stereocenters. The van der Waals surface area contributed by atoms with Gasteiger partial charge in [-0.15, -0.1) is 0 Å². The van der Waals surface area contributed by atoms with Crippen molar-refractivity contribution < 1.29 is 19.1 Å². The topological polar surface area (TPSA) is 80.0 Å². The molecule has 0 saturated carbocycles. The predicted octanol–water partition coefficient (Wildman–Crippen LogP) is 5.11. The monoisotopic (exact) mass is 469 g/mol. The molecule has 4 rings (SSSR count). The Labute approximate surface area is 197 Å². The average Bonchev–Trinajstić information content (AvgIpc) is 3.05. The molecule has 1 aliphatic rings. The number of carbonyl (C=O) groups is 1. The number of rotatable bonds is 8. The van der Waals surface area contributed by atoms with Crippen molar-refractivity contribution in [1.29, 1.82) is 0 Å². The zero-order chi connectivity index (χ0) is 23.7. The van der Waals surface area contributed by atoms with Gasteiger partial charge in [-0.25, -0.2) is 0 Å². The van der Waals surface area contributed by atoms with Crippen LogP contribution in [0.2, 0.25) is 5.02 Å². The first kappa shape index (κ1) is 23.3. The Kier molecular flexibility index (Phi) is 6.77. The van der Waals surface area contributed by atoms with Gasteiger partial charge < -0.3 is 19.2 Å². The summed E-state index contributed by atoms with van der Waals surface area (Å²) in [4.78, 5) is 28.5. The van der Waals surface area contributed by atoms with Crippen molar-refractivity contribution in [2.24, 2.45) is 5.92 Å². The maximum absolute atomic E-state index is 13.6. The molecule has 1 atom stereocenters. The summed E-state index contributed by atoms with van der Waals surface area (Å²) in [5, 5.41) is 10.2. The van der Waals surface area contributed by atoms with Crippen molar-refractivity contribution in [3.05, 3.63) is 74.1 Å². The Bertz CT molecular complexity index is 1250. The van der Waals surface area contributed by atoms with E-state index in [1.807, 2.05) is 31.2 Å². The smallest absolute Gasteiger partial charge is 0.290 e. The van der Waals surface area contributed by atoms with Gasteiger partial charge in [0, 0.05) is 18.2 Å². The number of amides is 1. The molecular weight excluding hydrogens is 442 g/mol. The number of aliphatic hydroxyl groups excluding tert-OH is 1. The van der Waals surface area contributed by atoms with Gasteiger partial charge in [-0.05, 0) is 61.1 Å². The highest BCUT2D eigenvalue weighted by Gasteiger charge is 2.42. The minimum Gasteiger partial charge on any atom is -0.494 e. The molecule has 3 aromatic rings. The minimum absolute atomic E-state index is 0.0447. The summed E-state index contributed by atoms with van der Waals surface area (Å²) in [6, 6.07) is 10.1. The fraction of sp³-hybridized carbons (Fsp3) is 0.385. The second-order valence-electron chi connectivity index (χ2n) is 8.85. The van der Waals surface area contributed by atoms with Crippen LogP contribution in [0.25, 0.3) is 11.0 Å². The standard InChI is InChI=1S/C26H28ClNO5/c1-15(2)8-11-32-18-7-4-6-17(13-18)23-22-24(30)19-14-20(27)16(3)12-21(19)33-25(22)26(31)28(23)9-5-10-29/h4,6-7,12-15,23,29H,5,8-11H2,1-3H3. The maximum Gasteiger partial charge on any atom is 0.290 e. The molecule has 0 fully saturated rings. The van der Waals surface area contributed by atoms with Gasteiger partial charge in [-0.2, -0.15) is 0 Å². The number of halogens is 1. The molecule has 2 aromatic carbocycles. The van der Waals surface area contributed by atoms with E-state index in [2.05, 4.69) is 13.8 Å². The van der Waals surface area contributed by atoms with E-state index in [0.717, 1.165) is 17.5 Å². The molecule has 0 saturated heterocycles. The molecule has 6 nitrogen and oxygen atoms in total. The number of ether oxygens (including phenoxy) is 1. The summed E-state index contributed by atoms with van der Waals surface area (Å²) in [7, 11) is 0. The van der Waals surface area contributed by atoms with Gasteiger partial charge in [0.1, 0.15) is 11.3 Å². The molecule has 1 aliphatic heterocycles. The van der Waals surface area contributed by atoms with E-state index in [1.165, 1.54) is 0 Å². The lowest BCUT2D eigenvalue weighted by atomic mass is 9.98. The number of hydrogen-bond donors (Lipinski definition) is 1. The molecule has 0 spiro atoms. The third kappa shape index (κ3) is 4.50. The van der Waals surface area contributed by atoms with Crippen molar-refractivity contribution in [3.8, 4) is 5.75 Å². The van der Waals surface area contributed by atoms with Crippen molar-refractivity contribution >= 4 is 28.5 Å². The molecule has 7 heteroatoms. The number of carbonyl (C=O) groups excluding carboxylic acids is 1. The fourth-order valence-electron chi connectivity index (χ4n) is 4.15. The minimum atomic E-state index is -0.631. The maximum atomic E-state index is 13.6. The van der Waals surface area contributed by atoms with E-state index in [9.17, 15) is 14.7 Å².